The third-order valence-electron chi connectivity index (χ3n) is 11.0. The number of benzene rings is 4. The van der Waals surface area contributed by atoms with Crippen molar-refractivity contribution in [3.63, 3.8) is 0 Å². The first-order chi connectivity index (χ1) is 21.3. The van der Waals surface area contributed by atoms with E-state index >= 15 is 0 Å². The lowest BCUT2D eigenvalue weighted by atomic mass is 9.78. The molecule has 2 aromatic heterocycles. The molecule has 0 bridgehead atoms. The van der Waals surface area contributed by atoms with Gasteiger partial charge in [0.05, 0.1) is 22.4 Å². The minimum atomic E-state index is -0.0645. The molecule has 0 amide bonds. The molecule has 3 heterocycles. The van der Waals surface area contributed by atoms with Gasteiger partial charge in [-0.15, -0.1) is 0 Å². The van der Waals surface area contributed by atoms with Gasteiger partial charge in [0.2, 0.25) is 0 Å². The Balaban J connectivity index is 1.28. The molecule has 3 heteroatoms. The Morgan fingerprint density at radius 3 is 2.50 bits per heavy atom. The van der Waals surface area contributed by atoms with Gasteiger partial charge < -0.3 is 9.55 Å². The number of allylic oxidation sites excluding steroid dienone is 4. The molecule has 2 nitrogen and oxygen atoms in total. The first kappa shape index (κ1) is 25.2. The molecule has 1 aliphatic heterocycles. The van der Waals surface area contributed by atoms with Crippen molar-refractivity contribution in [3.8, 4) is 27.9 Å². The van der Waals surface area contributed by atoms with Crippen LogP contribution in [0.25, 0.3) is 55.3 Å². The number of aryl methyl sites for hydroxylation is 1. The van der Waals surface area contributed by atoms with Gasteiger partial charge in [-0.1, -0.05) is 118 Å². The maximum Gasteiger partial charge on any atom is 0.0678 e. The zero-order chi connectivity index (χ0) is 29.7. The van der Waals surface area contributed by atoms with Gasteiger partial charge >= 0.3 is 0 Å². The van der Waals surface area contributed by atoms with Gasteiger partial charge in [-0.2, -0.15) is 0 Å². The van der Waals surface area contributed by atoms with Crippen LogP contribution in [-0.2, 0) is 10.8 Å². The van der Waals surface area contributed by atoms with E-state index in [4.69, 9.17) is 0 Å². The summed E-state index contributed by atoms with van der Waals surface area (Å²) in [7, 11) is 0. The van der Waals surface area contributed by atoms with Gasteiger partial charge in [0.25, 0.3) is 0 Å². The van der Waals surface area contributed by atoms with E-state index < -0.39 is 0 Å². The number of hydrogen-bond acceptors (Lipinski definition) is 1. The molecular weight excluding hydrogens is 553 g/mol. The van der Waals surface area contributed by atoms with Crippen LogP contribution in [0.15, 0.2) is 100 Å². The largest absolute Gasteiger partial charge is 0.357 e. The van der Waals surface area contributed by atoms with Gasteiger partial charge in [-0.3, -0.25) is 0 Å². The predicted octanol–water partition coefficient (Wildman–Crippen LogP) is 11.3. The zero-order valence-corrected chi connectivity index (χ0v) is 26.7. The Kier molecular flexibility index (Phi) is 4.62. The summed E-state index contributed by atoms with van der Waals surface area (Å²) < 4.78 is 2.64. The fourth-order valence-electron chi connectivity index (χ4n) is 9.11. The normalized spacial score (nSPS) is 18.0. The van der Waals surface area contributed by atoms with Gasteiger partial charge in [-0.05, 0) is 59.7 Å². The molecule has 0 atom stereocenters. The Bertz CT molecular complexity index is 2370. The van der Waals surface area contributed by atoms with Crippen molar-refractivity contribution < 1.29 is 0 Å². The number of nitrogens with zero attached hydrogens (tertiary/aromatic N) is 1. The molecule has 0 saturated carbocycles. The van der Waals surface area contributed by atoms with Crippen LogP contribution in [0.3, 0.4) is 0 Å². The number of fused-ring (bicyclic) bond motifs is 11. The number of aromatic nitrogens is 2. The van der Waals surface area contributed by atoms with E-state index in [1.54, 1.807) is 5.57 Å². The molecule has 10 rings (SSSR count). The third-order valence-corrected chi connectivity index (χ3v) is 12.2. The van der Waals surface area contributed by atoms with Crippen LogP contribution in [-0.4, -0.2) is 9.55 Å². The lowest BCUT2D eigenvalue weighted by Gasteiger charge is -2.27. The van der Waals surface area contributed by atoms with Crippen molar-refractivity contribution in [3.05, 3.63) is 119 Å². The molecule has 0 saturated heterocycles. The first-order valence-electron chi connectivity index (χ1n) is 15.9. The minimum absolute atomic E-state index is 0.0267. The molecule has 4 aliphatic rings. The maximum atomic E-state index is 4.00. The number of hydrogen-bond donors (Lipinski definition) is 1. The average Bonchev–Trinajstić information content (AvgIpc) is 3.71. The van der Waals surface area contributed by atoms with E-state index in [9.17, 15) is 0 Å². The number of para-hydroxylation sites is 2. The first-order valence-corrected chi connectivity index (χ1v) is 16.7. The number of nitrogens with one attached hydrogen (secondary N) is 1. The number of rotatable bonds is 1. The molecule has 1 N–H and O–H groups in total. The van der Waals surface area contributed by atoms with Crippen LogP contribution in [0.4, 0.5) is 0 Å². The SMILES string of the molecule is Cc1cc(-c2cccc3c4c([nH]c23)C(C)(C)c2ccccc2-4)c2c(c1)-n1c3c(c4cccc(c41)S2)C(C)(C)C1=C3C=CCC1. The molecule has 4 aromatic carbocycles. The monoisotopic (exact) mass is 586 g/mol. The topological polar surface area (TPSA) is 20.7 Å². The second kappa shape index (κ2) is 8.08. The zero-order valence-electron chi connectivity index (χ0n) is 25.9. The quantitative estimate of drug-likeness (QED) is 0.203. The van der Waals surface area contributed by atoms with E-state index in [1.807, 2.05) is 11.8 Å². The van der Waals surface area contributed by atoms with Crippen molar-refractivity contribution in [1.82, 2.24) is 9.55 Å². The molecular formula is C41H34N2S. The molecule has 6 aromatic rings. The van der Waals surface area contributed by atoms with Gasteiger partial charge in [0, 0.05) is 53.8 Å². The molecule has 0 unspecified atom stereocenters. The standard InChI is InChI=1S/C41H34N2S/c1-22-20-28(23-14-10-15-26-33-24-12-6-8-17-29(24)41(4,5)39(33)42-35(23)26)38-31(21-22)43-36-27(16-11-19-32(36)44-38)34-37(43)25-13-7-9-18-30(25)40(34,2)3/h6-8,10-17,19-21,42H,9,18H2,1-5H3. The Morgan fingerprint density at radius 2 is 1.61 bits per heavy atom. The van der Waals surface area contributed by atoms with Crippen LogP contribution in [0.1, 0.15) is 68.6 Å². The van der Waals surface area contributed by atoms with E-state index in [-0.39, 0.29) is 10.8 Å². The molecule has 0 fully saturated rings. The Hall–Kier alpha value is -4.21. The van der Waals surface area contributed by atoms with Crippen LogP contribution in [0.2, 0.25) is 0 Å². The van der Waals surface area contributed by atoms with Crippen molar-refractivity contribution in [2.45, 2.75) is 68.1 Å². The fraction of sp³-hybridized carbons (Fsp3) is 0.220. The van der Waals surface area contributed by atoms with Crippen LogP contribution in [0, 0.1) is 6.92 Å². The van der Waals surface area contributed by atoms with Crippen molar-refractivity contribution in [2.24, 2.45) is 0 Å². The average molecular weight is 587 g/mol. The molecule has 0 spiro atoms. The highest BCUT2D eigenvalue weighted by Gasteiger charge is 2.44. The van der Waals surface area contributed by atoms with E-state index in [0.717, 1.165) is 12.8 Å². The van der Waals surface area contributed by atoms with E-state index in [1.165, 1.54) is 93.2 Å². The lowest BCUT2D eigenvalue weighted by molar-refractivity contribution is 0.612. The van der Waals surface area contributed by atoms with Crippen LogP contribution in [0.5, 0.6) is 0 Å². The predicted molar refractivity (Wildman–Crippen MR) is 185 cm³/mol. The van der Waals surface area contributed by atoms with Gasteiger partial charge in [0.15, 0.2) is 0 Å². The summed E-state index contributed by atoms with van der Waals surface area (Å²) in [6.07, 6.45) is 7.07. The van der Waals surface area contributed by atoms with Crippen LogP contribution >= 0.6 is 11.8 Å². The number of aromatic amines is 1. The van der Waals surface area contributed by atoms with Gasteiger partial charge in [-0.25, -0.2) is 0 Å². The summed E-state index contributed by atoms with van der Waals surface area (Å²) in [6.45, 7) is 11.9. The summed E-state index contributed by atoms with van der Waals surface area (Å²) in [4.78, 5) is 6.70. The second-order valence-corrected chi connectivity index (χ2v) is 15.3. The number of H-pyrrole nitrogens is 1. The summed E-state index contributed by atoms with van der Waals surface area (Å²) in [5, 5.41) is 2.73. The highest BCUT2D eigenvalue weighted by Crippen LogP contribution is 2.59. The Morgan fingerprint density at radius 1 is 0.818 bits per heavy atom. The molecule has 214 valence electrons. The second-order valence-electron chi connectivity index (χ2n) is 14.2. The van der Waals surface area contributed by atoms with Crippen LogP contribution < -0.4 is 0 Å². The summed E-state index contributed by atoms with van der Waals surface area (Å²) in [5.41, 5.74) is 19.2. The Labute approximate surface area is 262 Å². The molecule has 3 aliphatic carbocycles. The minimum Gasteiger partial charge on any atom is -0.357 e. The fourth-order valence-corrected chi connectivity index (χ4v) is 10.3. The van der Waals surface area contributed by atoms with E-state index in [2.05, 4.69) is 129 Å². The summed E-state index contributed by atoms with van der Waals surface area (Å²) >= 11 is 1.95. The highest BCUT2D eigenvalue weighted by molar-refractivity contribution is 8.00. The van der Waals surface area contributed by atoms with Crippen molar-refractivity contribution in [1.29, 1.82) is 0 Å². The van der Waals surface area contributed by atoms with Crippen molar-refractivity contribution >= 4 is 39.1 Å². The highest BCUT2D eigenvalue weighted by atomic mass is 32.2. The third kappa shape index (κ3) is 2.86. The lowest BCUT2D eigenvalue weighted by Crippen LogP contribution is -2.17. The van der Waals surface area contributed by atoms with E-state index in [0.29, 0.717) is 0 Å². The van der Waals surface area contributed by atoms with Crippen molar-refractivity contribution in [2.75, 3.05) is 0 Å². The smallest absolute Gasteiger partial charge is 0.0678 e. The maximum absolute atomic E-state index is 4.00. The van der Waals surface area contributed by atoms with Gasteiger partial charge in [0.1, 0.15) is 0 Å². The summed E-state index contributed by atoms with van der Waals surface area (Å²) in [6, 6.07) is 27.6. The summed E-state index contributed by atoms with van der Waals surface area (Å²) in [5.74, 6) is 0. The molecule has 44 heavy (non-hydrogen) atoms. The molecule has 0 radical (unpaired) electrons.